The highest BCUT2D eigenvalue weighted by Crippen LogP contribution is 2.34. The largest absolute Gasteiger partial charge is 0.456 e. The van der Waals surface area contributed by atoms with E-state index in [1.807, 2.05) is 13.0 Å². The summed E-state index contributed by atoms with van der Waals surface area (Å²) in [6, 6.07) is 5.17. The van der Waals surface area contributed by atoms with Crippen LogP contribution in [0.15, 0.2) is 63.9 Å². The van der Waals surface area contributed by atoms with Crippen LogP contribution >= 0.6 is 0 Å². The Morgan fingerprint density at radius 3 is 2.41 bits per heavy atom. The van der Waals surface area contributed by atoms with E-state index in [2.05, 4.69) is 17.6 Å². The quantitative estimate of drug-likeness (QED) is 0.290. The highest BCUT2D eigenvalue weighted by atomic mass is 19.2. The van der Waals surface area contributed by atoms with E-state index in [-0.39, 0.29) is 16.8 Å². The average Bonchev–Trinajstić information content (AvgIpc) is 2.90. The molecule has 1 aliphatic carbocycles. The van der Waals surface area contributed by atoms with Crippen molar-refractivity contribution < 1.29 is 22.7 Å². The number of benzene rings is 2. The molecule has 216 valence electrons. The van der Waals surface area contributed by atoms with E-state index in [0.29, 0.717) is 39.0 Å². The van der Waals surface area contributed by atoms with Gasteiger partial charge in [-0.25, -0.2) is 13.6 Å². The van der Waals surface area contributed by atoms with Crippen molar-refractivity contribution in [2.24, 2.45) is 5.73 Å². The molecule has 4 rings (SSSR count). The summed E-state index contributed by atoms with van der Waals surface area (Å²) >= 11 is 0. The van der Waals surface area contributed by atoms with Crippen LogP contribution in [0.3, 0.4) is 0 Å². The lowest BCUT2D eigenvalue weighted by atomic mass is 9.95. The van der Waals surface area contributed by atoms with Crippen LogP contribution in [0.5, 0.6) is 0 Å². The average molecular weight is 564 g/mol. The molecule has 1 unspecified atom stereocenters. The third kappa shape index (κ3) is 6.52. The van der Waals surface area contributed by atoms with Gasteiger partial charge in [0, 0.05) is 16.7 Å². The Hall–Kier alpha value is -4.37. The van der Waals surface area contributed by atoms with Crippen LogP contribution in [-0.4, -0.2) is 24.3 Å². The molecule has 4 N–H and O–H groups in total. The molecule has 9 heteroatoms. The van der Waals surface area contributed by atoms with Crippen LogP contribution < -0.4 is 16.5 Å². The molecule has 0 bridgehead atoms. The fourth-order valence-corrected chi connectivity index (χ4v) is 4.41. The van der Waals surface area contributed by atoms with Crippen LogP contribution in [0.4, 0.5) is 14.5 Å². The van der Waals surface area contributed by atoms with E-state index in [0.717, 1.165) is 11.6 Å². The van der Waals surface area contributed by atoms with Crippen LogP contribution in [0.2, 0.25) is 0 Å². The number of carbonyl (C=O) groups excluding carboxylic acids is 1. The van der Waals surface area contributed by atoms with E-state index in [9.17, 15) is 18.4 Å². The minimum atomic E-state index is -1.32. The number of aryl methyl sites for hydroxylation is 1. The first-order valence-corrected chi connectivity index (χ1v) is 13.0. The Labute approximate surface area is 237 Å². The molecule has 2 aromatic carbocycles. The van der Waals surface area contributed by atoms with Crippen molar-refractivity contribution in [2.75, 3.05) is 12.4 Å². The molecule has 0 aliphatic heterocycles. The molecule has 0 fully saturated rings. The Balaban J connectivity index is 0.00000226. The molecule has 0 saturated heterocycles. The number of rotatable bonds is 5. The number of ether oxygens (including phenoxy) is 1. The lowest BCUT2D eigenvalue weighted by Crippen LogP contribution is -2.26. The summed E-state index contributed by atoms with van der Waals surface area (Å²) in [5, 5.41) is 11.4. The highest BCUT2D eigenvalue weighted by Gasteiger charge is 2.27. The summed E-state index contributed by atoms with van der Waals surface area (Å²) in [7, 11) is 1.50. The molecule has 1 heterocycles. The van der Waals surface area contributed by atoms with Gasteiger partial charge in [-0.2, -0.15) is 0 Å². The fraction of sp³-hybridized carbons (Fsp3) is 0.281. The van der Waals surface area contributed by atoms with Crippen molar-refractivity contribution in [3.05, 3.63) is 105 Å². The van der Waals surface area contributed by atoms with Crippen molar-refractivity contribution >= 4 is 33.9 Å². The second-order valence-electron chi connectivity index (χ2n) is 10.6. The Morgan fingerprint density at radius 1 is 1.15 bits per heavy atom. The Bertz CT molecular complexity index is 1680. The molecule has 1 atom stereocenters. The standard InChI is InChI=1S/C31H30F2N2O4.CH5N/c1-15-12-20(18(4)35-24-11-9-22(32)26(33)25(24)30(37)39-31(5,6)7)29-21(13-15)27(36)17(3)28(38-29)19-8-10-23(34)16(2)14-19;1-2/h8-14,18,34-35H,2H2,1,3-7H3;2H2,1H3. The molecule has 3 aromatic rings. The zero-order chi connectivity index (χ0) is 30.8. The SMILES string of the molecule is C=C1C=C(c2oc3c(C(C)Nc4ccc(F)c(F)c4C(=O)OC(C)(C)C)cc(C)cc3c(=O)c2C)C=CC1=N.CN. The van der Waals surface area contributed by atoms with Gasteiger partial charge in [-0.1, -0.05) is 12.6 Å². The number of esters is 1. The zero-order valence-electron chi connectivity index (χ0n) is 24.3. The van der Waals surface area contributed by atoms with Crippen LogP contribution in [0.1, 0.15) is 66.5 Å². The van der Waals surface area contributed by atoms with Crippen molar-refractivity contribution in [3.8, 4) is 0 Å². The van der Waals surface area contributed by atoms with Gasteiger partial charge in [0.2, 0.25) is 0 Å². The zero-order valence-corrected chi connectivity index (χ0v) is 24.3. The summed E-state index contributed by atoms with van der Waals surface area (Å²) in [5.74, 6) is -3.15. The molecule has 1 aromatic heterocycles. The van der Waals surface area contributed by atoms with E-state index in [1.165, 1.54) is 13.1 Å². The van der Waals surface area contributed by atoms with Gasteiger partial charge < -0.3 is 25.6 Å². The van der Waals surface area contributed by atoms with Crippen LogP contribution in [-0.2, 0) is 4.74 Å². The minimum absolute atomic E-state index is 0.0349. The number of halogens is 2. The van der Waals surface area contributed by atoms with E-state index < -0.39 is 34.8 Å². The van der Waals surface area contributed by atoms with Gasteiger partial charge in [-0.05, 0) is 96.2 Å². The number of anilines is 1. The maximum Gasteiger partial charge on any atom is 0.343 e. The molecule has 0 saturated carbocycles. The van der Waals surface area contributed by atoms with Gasteiger partial charge in [-0.3, -0.25) is 4.79 Å². The molecule has 7 nitrogen and oxygen atoms in total. The van der Waals surface area contributed by atoms with Crippen molar-refractivity contribution in [1.82, 2.24) is 0 Å². The monoisotopic (exact) mass is 563 g/mol. The molecule has 0 amide bonds. The lowest BCUT2D eigenvalue weighted by Gasteiger charge is -2.23. The van der Waals surface area contributed by atoms with Crippen LogP contribution in [0.25, 0.3) is 16.5 Å². The summed E-state index contributed by atoms with van der Waals surface area (Å²) in [4.78, 5) is 26.3. The van der Waals surface area contributed by atoms with Gasteiger partial charge in [0.15, 0.2) is 17.1 Å². The summed E-state index contributed by atoms with van der Waals surface area (Å²) < 4.78 is 40.7. The van der Waals surface area contributed by atoms with E-state index in [4.69, 9.17) is 14.6 Å². The number of allylic oxidation sites excluding steroid dienone is 5. The lowest BCUT2D eigenvalue weighted by molar-refractivity contribution is 0.00648. The first-order valence-electron chi connectivity index (χ1n) is 13.0. The van der Waals surface area contributed by atoms with Crippen molar-refractivity contribution in [2.45, 2.75) is 53.2 Å². The number of fused-ring (bicyclic) bond motifs is 1. The molecule has 1 aliphatic rings. The van der Waals surface area contributed by atoms with Crippen molar-refractivity contribution in [3.63, 3.8) is 0 Å². The minimum Gasteiger partial charge on any atom is -0.456 e. The molecular formula is C32H35F2N3O4. The smallest absolute Gasteiger partial charge is 0.343 e. The van der Waals surface area contributed by atoms with Crippen LogP contribution in [0, 0.1) is 30.9 Å². The summed E-state index contributed by atoms with van der Waals surface area (Å²) in [5.41, 5.74) is 6.30. The number of hydrogen-bond acceptors (Lipinski definition) is 7. The van der Waals surface area contributed by atoms with Crippen molar-refractivity contribution in [1.29, 1.82) is 5.41 Å². The Morgan fingerprint density at radius 2 is 1.80 bits per heavy atom. The van der Waals surface area contributed by atoms with Gasteiger partial charge >= 0.3 is 5.97 Å². The molecular weight excluding hydrogens is 528 g/mol. The number of hydrogen-bond donors (Lipinski definition) is 3. The van der Waals surface area contributed by atoms with E-state index >= 15 is 0 Å². The molecule has 41 heavy (non-hydrogen) atoms. The predicted octanol–water partition coefficient (Wildman–Crippen LogP) is 6.92. The van der Waals surface area contributed by atoms with Gasteiger partial charge in [0.1, 0.15) is 22.5 Å². The number of nitrogens with one attached hydrogen (secondary N) is 2. The molecule has 0 spiro atoms. The third-order valence-electron chi connectivity index (χ3n) is 6.30. The second kappa shape index (κ2) is 12.0. The maximum absolute atomic E-state index is 14.9. The highest BCUT2D eigenvalue weighted by molar-refractivity contribution is 6.12. The van der Waals surface area contributed by atoms with E-state index in [1.54, 1.807) is 58.9 Å². The fourth-order valence-electron chi connectivity index (χ4n) is 4.41. The molecule has 0 radical (unpaired) electrons. The predicted molar refractivity (Wildman–Crippen MR) is 160 cm³/mol. The first-order chi connectivity index (χ1) is 19.2. The first kappa shape index (κ1) is 31.2. The third-order valence-corrected chi connectivity index (χ3v) is 6.30. The van der Waals surface area contributed by atoms with Gasteiger partial charge in [0.25, 0.3) is 0 Å². The second-order valence-corrected chi connectivity index (χ2v) is 10.6. The summed E-state index contributed by atoms with van der Waals surface area (Å²) in [6.45, 7) is 14.0. The van der Waals surface area contributed by atoms with Gasteiger partial charge in [0.05, 0.1) is 22.8 Å². The van der Waals surface area contributed by atoms with Gasteiger partial charge in [-0.15, -0.1) is 0 Å². The topological polar surface area (TPSA) is 118 Å². The maximum atomic E-state index is 14.9. The normalized spacial score (nSPS) is 13.9. The number of carbonyl (C=O) groups is 1. The Kier molecular flexibility index (Phi) is 9.13. The summed E-state index contributed by atoms with van der Waals surface area (Å²) in [6.07, 6.45) is 4.96. The number of nitrogens with two attached hydrogens (primary N) is 1.